The van der Waals surface area contributed by atoms with Gasteiger partial charge >= 0.3 is 0 Å². The van der Waals surface area contributed by atoms with Crippen LogP contribution >= 0.6 is 0 Å². The number of rotatable bonds is 4. The zero-order chi connectivity index (χ0) is 22.0. The first-order valence-corrected chi connectivity index (χ1v) is 11.3. The van der Waals surface area contributed by atoms with E-state index in [1.54, 1.807) is 0 Å². The molecular weight excluding hydrogens is 398 g/mol. The molecule has 0 fully saturated rings. The Morgan fingerprint density at radius 2 is 0.939 bits per heavy atom. The molecule has 1 heteroatoms. The summed E-state index contributed by atoms with van der Waals surface area (Å²) in [6.45, 7) is 0. The Labute approximate surface area is 194 Å². The molecule has 0 heterocycles. The van der Waals surface area contributed by atoms with Gasteiger partial charge in [-0.05, 0) is 45.0 Å². The second kappa shape index (κ2) is 8.29. The highest BCUT2D eigenvalue weighted by Crippen LogP contribution is 2.40. The van der Waals surface area contributed by atoms with Crippen LogP contribution in [0.3, 0.4) is 0 Å². The van der Waals surface area contributed by atoms with E-state index >= 15 is 0 Å². The number of benzene rings is 6. The second-order valence-corrected chi connectivity index (χ2v) is 8.27. The van der Waals surface area contributed by atoms with Gasteiger partial charge in [-0.25, -0.2) is 0 Å². The van der Waals surface area contributed by atoms with E-state index in [0.717, 1.165) is 11.4 Å². The number of hydrogen-bond donors (Lipinski definition) is 1. The molecule has 1 nitrogen and oxygen atoms in total. The molecule has 6 aromatic rings. The zero-order valence-corrected chi connectivity index (χ0v) is 18.2. The molecule has 33 heavy (non-hydrogen) atoms. The summed E-state index contributed by atoms with van der Waals surface area (Å²) in [6, 6.07) is 47.3. The zero-order valence-electron chi connectivity index (χ0n) is 18.2. The van der Waals surface area contributed by atoms with Gasteiger partial charge in [-0.1, -0.05) is 121 Å². The maximum Gasteiger partial charge on any atom is 0.0464 e. The van der Waals surface area contributed by atoms with Gasteiger partial charge in [-0.2, -0.15) is 0 Å². The van der Waals surface area contributed by atoms with Crippen LogP contribution in [0.15, 0.2) is 133 Å². The molecule has 0 aromatic heterocycles. The predicted octanol–water partition coefficient (Wildman–Crippen LogP) is 9.07. The standard InChI is InChI=1S/C32H23N/c1-2-11-24(12-3-1)27-19-8-15-25-16-9-20-29(32(25)27)28-18-6-7-21-31(28)33-30-22-10-14-23-13-4-5-17-26(23)30/h1-22,33H. The lowest BCUT2D eigenvalue weighted by Crippen LogP contribution is -1.95. The van der Waals surface area contributed by atoms with Gasteiger partial charge in [-0.15, -0.1) is 0 Å². The summed E-state index contributed by atoms with van der Waals surface area (Å²) in [7, 11) is 0. The van der Waals surface area contributed by atoms with Crippen molar-refractivity contribution in [3.05, 3.63) is 133 Å². The third kappa shape index (κ3) is 3.54. The summed E-state index contributed by atoms with van der Waals surface area (Å²) < 4.78 is 0. The summed E-state index contributed by atoms with van der Waals surface area (Å²) in [6.07, 6.45) is 0. The third-order valence-electron chi connectivity index (χ3n) is 6.27. The normalized spacial score (nSPS) is 11.0. The molecule has 0 spiro atoms. The average Bonchev–Trinajstić information content (AvgIpc) is 2.89. The quantitative estimate of drug-likeness (QED) is 0.299. The molecule has 156 valence electrons. The Morgan fingerprint density at radius 3 is 1.82 bits per heavy atom. The topological polar surface area (TPSA) is 12.0 Å². The van der Waals surface area contributed by atoms with E-state index in [1.165, 1.54) is 43.8 Å². The molecule has 0 unspecified atom stereocenters. The molecule has 0 aliphatic heterocycles. The molecule has 0 saturated heterocycles. The van der Waals surface area contributed by atoms with Gasteiger partial charge < -0.3 is 5.32 Å². The molecule has 6 aromatic carbocycles. The van der Waals surface area contributed by atoms with E-state index in [2.05, 4.69) is 139 Å². The van der Waals surface area contributed by atoms with Crippen molar-refractivity contribution in [3.63, 3.8) is 0 Å². The second-order valence-electron chi connectivity index (χ2n) is 8.27. The van der Waals surface area contributed by atoms with E-state index in [1.807, 2.05) is 0 Å². The monoisotopic (exact) mass is 421 g/mol. The van der Waals surface area contributed by atoms with Gasteiger partial charge in [0.25, 0.3) is 0 Å². The molecule has 1 N–H and O–H groups in total. The lowest BCUT2D eigenvalue weighted by Gasteiger charge is -2.17. The lowest BCUT2D eigenvalue weighted by molar-refractivity contribution is 1.56. The van der Waals surface area contributed by atoms with Crippen molar-refractivity contribution in [2.45, 2.75) is 0 Å². The van der Waals surface area contributed by atoms with Gasteiger partial charge in [0.05, 0.1) is 0 Å². The largest absolute Gasteiger partial charge is 0.355 e. The van der Waals surface area contributed by atoms with Crippen LogP contribution < -0.4 is 5.32 Å². The van der Waals surface area contributed by atoms with Crippen molar-refractivity contribution < 1.29 is 0 Å². The predicted molar refractivity (Wildman–Crippen MR) is 142 cm³/mol. The van der Waals surface area contributed by atoms with E-state index < -0.39 is 0 Å². The third-order valence-corrected chi connectivity index (χ3v) is 6.27. The summed E-state index contributed by atoms with van der Waals surface area (Å²) in [5, 5.41) is 8.71. The molecule has 0 radical (unpaired) electrons. The first kappa shape index (κ1) is 19.3. The highest BCUT2D eigenvalue weighted by Gasteiger charge is 2.13. The average molecular weight is 422 g/mol. The van der Waals surface area contributed by atoms with Crippen molar-refractivity contribution in [2.75, 3.05) is 5.32 Å². The van der Waals surface area contributed by atoms with Crippen molar-refractivity contribution >= 4 is 32.9 Å². The first-order valence-electron chi connectivity index (χ1n) is 11.3. The number of anilines is 2. The fourth-order valence-corrected chi connectivity index (χ4v) is 4.73. The Balaban J connectivity index is 1.55. The Morgan fingerprint density at radius 1 is 0.364 bits per heavy atom. The minimum atomic E-state index is 1.10. The van der Waals surface area contributed by atoms with Crippen molar-refractivity contribution in [2.24, 2.45) is 0 Å². The van der Waals surface area contributed by atoms with E-state index in [0.29, 0.717) is 0 Å². The number of para-hydroxylation sites is 1. The van der Waals surface area contributed by atoms with Crippen LogP contribution in [0, 0.1) is 0 Å². The van der Waals surface area contributed by atoms with E-state index in [9.17, 15) is 0 Å². The Bertz CT molecular complexity index is 1570. The molecule has 0 aliphatic carbocycles. The van der Waals surface area contributed by atoms with Crippen LogP contribution in [0.4, 0.5) is 11.4 Å². The number of fused-ring (bicyclic) bond motifs is 2. The molecule has 0 amide bonds. The van der Waals surface area contributed by atoms with Gasteiger partial charge in [0.1, 0.15) is 0 Å². The van der Waals surface area contributed by atoms with Gasteiger partial charge in [0.2, 0.25) is 0 Å². The molecule has 0 aliphatic rings. The van der Waals surface area contributed by atoms with Crippen LogP contribution in [0.1, 0.15) is 0 Å². The van der Waals surface area contributed by atoms with Gasteiger partial charge in [-0.3, -0.25) is 0 Å². The summed E-state index contributed by atoms with van der Waals surface area (Å²) in [5.74, 6) is 0. The fourth-order valence-electron chi connectivity index (χ4n) is 4.73. The summed E-state index contributed by atoms with van der Waals surface area (Å²) in [5.41, 5.74) is 7.13. The molecular formula is C32H23N. The molecule has 6 rings (SSSR count). The van der Waals surface area contributed by atoms with Crippen LogP contribution in [-0.2, 0) is 0 Å². The smallest absolute Gasteiger partial charge is 0.0464 e. The minimum Gasteiger partial charge on any atom is -0.355 e. The van der Waals surface area contributed by atoms with E-state index in [-0.39, 0.29) is 0 Å². The molecule has 0 atom stereocenters. The number of hydrogen-bond acceptors (Lipinski definition) is 1. The Kier molecular flexibility index (Phi) is 4.86. The molecule has 0 saturated carbocycles. The maximum absolute atomic E-state index is 3.74. The fraction of sp³-hybridized carbons (Fsp3) is 0. The van der Waals surface area contributed by atoms with Crippen LogP contribution in [0.5, 0.6) is 0 Å². The summed E-state index contributed by atoms with van der Waals surface area (Å²) >= 11 is 0. The van der Waals surface area contributed by atoms with Gasteiger partial charge in [0, 0.05) is 22.3 Å². The SMILES string of the molecule is c1ccc(-c2cccc3cccc(-c4ccccc4Nc4cccc5ccccc45)c23)cc1. The summed E-state index contributed by atoms with van der Waals surface area (Å²) in [4.78, 5) is 0. The van der Waals surface area contributed by atoms with Crippen molar-refractivity contribution in [1.29, 1.82) is 0 Å². The lowest BCUT2D eigenvalue weighted by atomic mass is 9.91. The number of nitrogens with one attached hydrogen (secondary N) is 1. The highest BCUT2D eigenvalue weighted by molar-refractivity contribution is 6.08. The minimum absolute atomic E-state index is 1.10. The molecule has 0 bridgehead atoms. The maximum atomic E-state index is 3.74. The first-order chi connectivity index (χ1) is 16.4. The Hall–Kier alpha value is -4.36. The van der Waals surface area contributed by atoms with Crippen molar-refractivity contribution in [3.8, 4) is 22.3 Å². The van der Waals surface area contributed by atoms with E-state index in [4.69, 9.17) is 0 Å². The van der Waals surface area contributed by atoms with Crippen molar-refractivity contribution in [1.82, 2.24) is 0 Å². The van der Waals surface area contributed by atoms with Gasteiger partial charge in [0.15, 0.2) is 0 Å². The van der Waals surface area contributed by atoms with Crippen LogP contribution in [0.25, 0.3) is 43.8 Å². The highest BCUT2D eigenvalue weighted by atomic mass is 14.9. The van der Waals surface area contributed by atoms with Crippen LogP contribution in [0.2, 0.25) is 0 Å². The van der Waals surface area contributed by atoms with Crippen LogP contribution in [-0.4, -0.2) is 0 Å².